The van der Waals surface area contributed by atoms with Crippen LogP contribution in [0.25, 0.3) is 0 Å². The first kappa shape index (κ1) is 21.7. The second kappa shape index (κ2) is 10.2. The molecular formula is C27H23NOPPd+. The molecule has 4 heteroatoms. The van der Waals surface area contributed by atoms with E-state index in [0.29, 0.717) is 6.61 Å². The monoisotopic (exact) mass is 514 g/mol. The molecule has 1 aliphatic rings. The quantitative estimate of drug-likeness (QED) is 0.280. The van der Waals surface area contributed by atoms with E-state index in [4.69, 9.17) is 9.73 Å². The molecule has 0 amide bonds. The summed E-state index contributed by atoms with van der Waals surface area (Å²) in [5.74, 6) is 0.758. The van der Waals surface area contributed by atoms with Gasteiger partial charge in [0.05, 0.1) is 13.5 Å². The Morgan fingerprint density at radius 1 is 0.645 bits per heavy atom. The van der Waals surface area contributed by atoms with E-state index in [2.05, 4.69) is 109 Å². The van der Waals surface area contributed by atoms with E-state index in [-0.39, 0.29) is 26.5 Å². The molecule has 156 valence electrons. The molecule has 0 N–H and O–H groups in total. The van der Waals surface area contributed by atoms with Crippen LogP contribution in [0.15, 0.2) is 120 Å². The molecule has 0 spiro atoms. The molecule has 0 bridgehead atoms. The maximum Gasteiger partial charge on any atom is 0.220 e. The maximum absolute atomic E-state index is 6.13. The molecule has 0 aliphatic carbocycles. The SMILES string of the molecule is [Pd].c1ccc([C@H]2COC(c3ccccc3[PH+](c3ccccc3)c3ccccc3)=N2)cc1. The minimum atomic E-state index is -1.19. The number of benzene rings is 4. The molecule has 2 nitrogen and oxygen atoms in total. The molecule has 4 aromatic carbocycles. The Morgan fingerprint density at radius 3 is 1.77 bits per heavy atom. The molecule has 5 rings (SSSR count). The van der Waals surface area contributed by atoms with Crippen molar-refractivity contribution >= 4 is 29.7 Å². The van der Waals surface area contributed by atoms with Gasteiger partial charge in [0.15, 0.2) is 0 Å². The van der Waals surface area contributed by atoms with E-state index in [0.717, 1.165) is 11.5 Å². The van der Waals surface area contributed by atoms with Crippen LogP contribution in [-0.4, -0.2) is 12.5 Å². The number of aliphatic imine (C=N–C) groups is 1. The van der Waals surface area contributed by atoms with Crippen molar-refractivity contribution in [3.8, 4) is 0 Å². The second-order valence-electron chi connectivity index (χ2n) is 7.32. The van der Waals surface area contributed by atoms with Crippen LogP contribution in [0.3, 0.4) is 0 Å². The minimum Gasteiger partial charge on any atom is -0.475 e. The Hall–Kier alpha value is -2.56. The third kappa shape index (κ3) is 4.71. The molecule has 0 saturated heterocycles. The second-order valence-corrected chi connectivity index (χ2v) is 9.77. The molecule has 31 heavy (non-hydrogen) atoms. The molecule has 0 saturated carbocycles. The number of hydrogen-bond donors (Lipinski definition) is 0. The molecular weight excluding hydrogens is 492 g/mol. The Morgan fingerprint density at radius 2 is 1.16 bits per heavy atom. The fraction of sp³-hybridized carbons (Fsp3) is 0.0741. The van der Waals surface area contributed by atoms with Gasteiger partial charge >= 0.3 is 0 Å². The van der Waals surface area contributed by atoms with Crippen molar-refractivity contribution < 1.29 is 25.2 Å². The molecule has 1 heterocycles. The number of nitrogens with zero attached hydrogens (tertiary/aromatic N) is 1. The fourth-order valence-corrected chi connectivity index (χ4v) is 6.67. The smallest absolute Gasteiger partial charge is 0.220 e. The summed E-state index contributed by atoms with van der Waals surface area (Å²) in [6.07, 6.45) is 0. The Bertz CT molecular complexity index is 1110. The van der Waals surface area contributed by atoms with Crippen LogP contribution in [0.4, 0.5) is 0 Å². The van der Waals surface area contributed by atoms with Gasteiger partial charge in [0.2, 0.25) is 5.90 Å². The molecule has 0 fully saturated rings. The summed E-state index contributed by atoms with van der Waals surface area (Å²) in [4.78, 5) is 4.97. The molecule has 0 aromatic heterocycles. The Labute approximate surface area is 198 Å². The van der Waals surface area contributed by atoms with Gasteiger partial charge in [-0.3, -0.25) is 0 Å². The van der Waals surface area contributed by atoms with Crippen molar-refractivity contribution in [2.45, 2.75) is 6.04 Å². The molecule has 0 unspecified atom stereocenters. The predicted molar refractivity (Wildman–Crippen MR) is 128 cm³/mol. The van der Waals surface area contributed by atoms with Crippen molar-refractivity contribution in [2.24, 2.45) is 4.99 Å². The van der Waals surface area contributed by atoms with Crippen LogP contribution in [0.2, 0.25) is 0 Å². The first-order valence-electron chi connectivity index (χ1n) is 10.2. The van der Waals surface area contributed by atoms with Gasteiger partial charge in [-0.1, -0.05) is 78.9 Å². The fourth-order valence-electron chi connectivity index (χ4n) is 3.94. The summed E-state index contributed by atoms with van der Waals surface area (Å²) < 4.78 is 6.13. The van der Waals surface area contributed by atoms with E-state index < -0.39 is 7.92 Å². The average Bonchev–Trinajstić information content (AvgIpc) is 3.32. The van der Waals surface area contributed by atoms with Crippen LogP contribution in [0.5, 0.6) is 0 Å². The minimum absolute atomic E-state index is 0. The van der Waals surface area contributed by atoms with Crippen LogP contribution >= 0.6 is 7.92 Å². The number of ether oxygens (including phenoxy) is 1. The topological polar surface area (TPSA) is 21.6 Å². The number of hydrogen-bond acceptors (Lipinski definition) is 2. The van der Waals surface area contributed by atoms with E-state index in [1.165, 1.54) is 21.5 Å². The van der Waals surface area contributed by atoms with E-state index in [9.17, 15) is 0 Å². The maximum atomic E-state index is 6.13. The first-order valence-corrected chi connectivity index (χ1v) is 11.7. The zero-order valence-corrected chi connectivity index (χ0v) is 19.5. The summed E-state index contributed by atoms with van der Waals surface area (Å²) in [6, 6.07) is 40.7. The predicted octanol–water partition coefficient (Wildman–Crippen LogP) is 4.69. The Kier molecular flexibility index (Phi) is 7.11. The molecule has 1 atom stereocenters. The van der Waals surface area contributed by atoms with Crippen molar-refractivity contribution in [1.29, 1.82) is 0 Å². The van der Waals surface area contributed by atoms with Gasteiger partial charge < -0.3 is 4.74 Å². The van der Waals surface area contributed by atoms with E-state index >= 15 is 0 Å². The van der Waals surface area contributed by atoms with Crippen molar-refractivity contribution in [2.75, 3.05) is 6.61 Å². The third-order valence-electron chi connectivity index (χ3n) is 5.39. The van der Waals surface area contributed by atoms with Crippen LogP contribution in [0.1, 0.15) is 17.2 Å². The summed E-state index contributed by atoms with van der Waals surface area (Å²) in [6.45, 7) is 0.590. The van der Waals surface area contributed by atoms with Crippen molar-refractivity contribution in [1.82, 2.24) is 0 Å². The largest absolute Gasteiger partial charge is 0.475 e. The van der Waals surface area contributed by atoms with Crippen LogP contribution < -0.4 is 15.9 Å². The molecule has 1 aliphatic heterocycles. The molecule has 4 aromatic rings. The van der Waals surface area contributed by atoms with Gasteiger partial charge in [0, 0.05) is 20.4 Å². The number of rotatable bonds is 5. The van der Waals surface area contributed by atoms with E-state index in [1.54, 1.807) is 0 Å². The zero-order valence-electron chi connectivity index (χ0n) is 16.9. The van der Waals surface area contributed by atoms with Crippen molar-refractivity contribution in [3.63, 3.8) is 0 Å². The standard InChI is InChI=1S/C27H22NOP.Pd/c1-4-12-21(13-5-1)25-20-29-27(28-25)24-18-10-11-19-26(24)30(22-14-6-2-7-15-22)23-16-8-3-9-17-23;/h1-19,25H,20H2;/p+1/t25-;/m1./s1. The van der Waals surface area contributed by atoms with Gasteiger partial charge in [-0.2, -0.15) is 0 Å². The van der Waals surface area contributed by atoms with Gasteiger partial charge in [-0.05, 0) is 42.0 Å². The normalized spacial score (nSPS) is 15.1. The van der Waals surface area contributed by atoms with Gasteiger partial charge in [-0.15, -0.1) is 0 Å². The summed E-state index contributed by atoms with van der Waals surface area (Å²) >= 11 is 0. The van der Waals surface area contributed by atoms with Crippen LogP contribution in [-0.2, 0) is 25.2 Å². The van der Waals surface area contributed by atoms with Gasteiger partial charge in [0.25, 0.3) is 0 Å². The van der Waals surface area contributed by atoms with E-state index in [1.807, 2.05) is 6.07 Å². The average molecular weight is 515 g/mol. The Balaban J connectivity index is 0.00000231. The zero-order chi connectivity index (χ0) is 20.2. The molecule has 0 radical (unpaired) electrons. The van der Waals surface area contributed by atoms with Crippen molar-refractivity contribution in [3.05, 3.63) is 126 Å². The summed E-state index contributed by atoms with van der Waals surface area (Å²) in [7, 11) is -1.19. The first-order chi connectivity index (χ1) is 14.9. The summed E-state index contributed by atoms with van der Waals surface area (Å²) in [5.41, 5.74) is 2.30. The third-order valence-corrected chi connectivity index (χ3v) is 8.18. The van der Waals surface area contributed by atoms with Crippen LogP contribution in [0, 0.1) is 0 Å². The summed E-state index contributed by atoms with van der Waals surface area (Å²) in [5, 5.41) is 4.03. The van der Waals surface area contributed by atoms with Gasteiger partial charge in [0.1, 0.15) is 28.6 Å². The van der Waals surface area contributed by atoms with Gasteiger partial charge in [-0.25, -0.2) is 4.99 Å².